The van der Waals surface area contributed by atoms with Gasteiger partial charge < -0.3 is 9.47 Å². The fourth-order valence-corrected chi connectivity index (χ4v) is 3.03. The Morgan fingerprint density at radius 1 is 1.04 bits per heavy atom. The molecule has 0 radical (unpaired) electrons. The molecule has 5 nitrogen and oxygen atoms in total. The summed E-state index contributed by atoms with van der Waals surface area (Å²) in [6.07, 6.45) is 4.89. The van der Waals surface area contributed by atoms with Crippen molar-refractivity contribution in [3.8, 4) is 22.6 Å². The molecule has 1 fully saturated rings. The van der Waals surface area contributed by atoms with Crippen LogP contribution < -0.4 is 20.7 Å². The lowest BCUT2D eigenvalue weighted by Gasteiger charge is -2.17. The highest BCUT2D eigenvalue weighted by molar-refractivity contribution is 5.94. The van der Waals surface area contributed by atoms with Crippen molar-refractivity contribution in [2.24, 2.45) is 5.84 Å². The first kappa shape index (κ1) is 16.3. The Kier molecular flexibility index (Phi) is 5.01. The molecule has 0 aromatic heterocycles. The number of hydrogen-bond donors (Lipinski definition) is 2. The number of nitrogens with two attached hydrogens (primary N) is 1. The zero-order valence-electron chi connectivity index (χ0n) is 13.7. The van der Waals surface area contributed by atoms with Crippen molar-refractivity contribution < 1.29 is 14.3 Å². The van der Waals surface area contributed by atoms with Gasteiger partial charge in [0.1, 0.15) is 0 Å². The average Bonchev–Trinajstić information content (AvgIpc) is 3.14. The summed E-state index contributed by atoms with van der Waals surface area (Å²) in [5, 5.41) is 0. The number of amides is 1. The first-order chi connectivity index (χ1) is 11.7. The SMILES string of the molecule is COc1ccc(-c2ccc(C(=O)NN)cc2)cc1OC1CCCC1. The summed E-state index contributed by atoms with van der Waals surface area (Å²) in [6, 6.07) is 13.2. The van der Waals surface area contributed by atoms with Crippen molar-refractivity contribution >= 4 is 5.91 Å². The zero-order chi connectivity index (χ0) is 16.9. The molecule has 24 heavy (non-hydrogen) atoms. The molecule has 0 spiro atoms. The first-order valence-corrected chi connectivity index (χ1v) is 8.17. The number of benzene rings is 2. The molecule has 3 N–H and O–H groups in total. The molecular formula is C19H22N2O3. The number of carbonyl (C=O) groups is 1. The first-order valence-electron chi connectivity index (χ1n) is 8.17. The maximum Gasteiger partial charge on any atom is 0.265 e. The average molecular weight is 326 g/mol. The number of nitrogen functional groups attached to an aromatic ring is 1. The Hall–Kier alpha value is -2.53. The van der Waals surface area contributed by atoms with Crippen molar-refractivity contribution in [1.29, 1.82) is 0 Å². The van der Waals surface area contributed by atoms with Crippen LogP contribution in [0.25, 0.3) is 11.1 Å². The second kappa shape index (κ2) is 7.36. The van der Waals surface area contributed by atoms with Crippen LogP contribution in [-0.2, 0) is 0 Å². The summed E-state index contributed by atoms with van der Waals surface area (Å²) in [5.41, 5.74) is 4.67. The topological polar surface area (TPSA) is 73.6 Å². The smallest absolute Gasteiger partial charge is 0.265 e. The predicted octanol–water partition coefficient (Wildman–Crippen LogP) is 3.29. The van der Waals surface area contributed by atoms with E-state index in [0.29, 0.717) is 5.56 Å². The Balaban J connectivity index is 1.86. The molecule has 1 aliphatic rings. The van der Waals surface area contributed by atoms with Gasteiger partial charge in [-0.15, -0.1) is 0 Å². The molecule has 0 unspecified atom stereocenters. The van der Waals surface area contributed by atoms with Crippen molar-refractivity contribution in [1.82, 2.24) is 5.43 Å². The van der Waals surface area contributed by atoms with E-state index in [4.69, 9.17) is 15.3 Å². The molecule has 0 atom stereocenters. The summed E-state index contributed by atoms with van der Waals surface area (Å²) in [7, 11) is 1.65. The van der Waals surface area contributed by atoms with Gasteiger partial charge in [0.05, 0.1) is 13.2 Å². The van der Waals surface area contributed by atoms with Crippen LogP contribution in [0.5, 0.6) is 11.5 Å². The summed E-state index contributed by atoms with van der Waals surface area (Å²) in [4.78, 5) is 11.5. The third-order valence-electron chi connectivity index (χ3n) is 4.37. The maximum atomic E-state index is 11.5. The van der Waals surface area contributed by atoms with Crippen molar-refractivity contribution in [3.05, 3.63) is 48.0 Å². The number of rotatable bonds is 5. The number of carbonyl (C=O) groups excluding carboxylic acids is 1. The maximum absolute atomic E-state index is 11.5. The van der Waals surface area contributed by atoms with Crippen LogP contribution in [0, 0.1) is 0 Å². The molecular weight excluding hydrogens is 304 g/mol. The minimum Gasteiger partial charge on any atom is -0.493 e. The van der Waals surface area contributed by atoms with Gasteiger partial charge in [-0.05, 0) is 61.1 Å². The third kappa shape index (κ3) is 3.51. The van der Waals surface area contributed by atoms with E-state index in [1.165, 1.54) is 12.8 Å². The lowest BCUT2D eigenvalue weighted by Crippen LogP contribution is -2.29. The molecule has 2 aromatic carbocycles. The Labute approximate surface area is 141 Å². The largest absolute Gasteiger partial charge is 0.493 e. The quantitative estimate of drug-likeness (QED) is 0.502. The highest BCUT2D eigenvalue weighted by Crippen LogP contribution is 2.35. The fraction of sp³-hybridized carbons (Fsp3) is 0.316. The van der Waals surface area contributed by atoms with Gasteiger partial charge in [-0.3, -0.25) is 10.2 Å². The molecule has 1 saturated carbocycles. The predicted molar refractivity (Wildman–Crippen MR) is 93.0 cm³/mol. The summed E-state index contributed by atoms with van der Waals surface area (Å²) >= 11 is 0. The minimum atomic E-state index is -0.304. The number of nitrogens with one attached hydrogen (secondary N) is 1. The monoisotopic (exact) mass is 326 g/mol. The van der Waals surface area contributed by atoms with Crippen LogP contribution in [-0.4, -0.2) is 19.1 Å². The molecule has 0 aliphatic heterocycles. The van der Waals surface area contributed by atoms with E-state index in [0.717, 1.165) is 35.5 Å². The van der Waals surface area contributed by atoms with Gasteiger partial charge in [0.25, 0.3) is 5.91 Å². The van der Waals surface area contributed by atoms with Crippen molar-refractivity contribution in [2.45, 2.75) is 31.8 Å². The molecule has 0 saturated heterocycles. The molecule has 5 heteroatoms. The van der Waals surface area contributed by atoms with E-state index in [-0.39, 0.29) is 12.0 Å². The van der Waals surface area contributed by atoms with Gasteiger partial charge >= 0.3 is 0 Å². The molecule has 2 aromatic rings. The van der Waals surface area contributed by atoms with Crippen LogP contribution in [0.3, 0.4) is 0 Å². The Morgan fingerprint density at radius 2 is 1.71 bits per heavy atom. The van der Waals surface area contributed by atoms with Gasteiger partial charge in [0.15, 0.2) is 11.5 Å². The number of ether oxygens (including phenoxy) is 2. The Morgan fingerprint density at radius 3 is 2.33 bits per heavy atom. The molecule has 0 heterocycles. The van der Waals surface area contributed by atoms with E-state index < -0.39 is 0 Å². The highest BCUT2D eigenvalue weighted by atomic mass is 16.5. The van der Waals surface area contributed by atoms with Crippen LogP contribution in [0.15, 0.2) is 42.5 Å². The fourth-order valence-electron chi connectivity index (χ4n) is 3.03. The zero-order valence-corrected chi connectivity index (χ0v) is 13.7. The van der Waals surface area contributed by atoms with E-state index >= 15 is 0 Å². The second-order valence-electron chi connectivity index (χ2n) is 5.94. The number of methoxy groups -OCH3 is 1. The van der Waals surface area contributed by atoms with E-state index in [2.05, 4.69) is 5.43 Å². The summed E-state index contributed by atoms with van der Waals surface area (Å²) < 4.78 is 11.6. The lowest BCUT2D eigenvalue weighted by molar-refractivity contribution is 0.0953. The van der Waals surface area contributed by atoms with Gasteiger partial charge in [-0.2, -0.15) is 0 Å². The summed E-state index contributed by atoms with van der Waals surface area (Å²) in [5.74, 6) is 6.36. The molecule has 1 aliphatic carbocycles. The molecule has 126 valence electrons. The number of hydrazine groups is 1. The van der Waals surface area contributed by atoms with Gasteiger partial charge in [-0.1, -0.05) is 18.2 Å². The standard InChI is InChI=1S/C19H22N2O3/c1-23-17-11-10-15(12-18(17)24-16-4-2-3-5-16)13-6-8-14(9-7-13)19(22)21-20/h6-12,16H,2-5,20H2,1H3,(H,21,22). The van der Waals surface area contributed by atoms with Crippen LogP contribution >= 0.6 is 0 Å². The van der Waals surface area contributed by atoms with Gasteiger partial charge in [0, 0.05) is 5.56 Å². The van der Waals surface area contributed by atoms with E-state index in [1.807, 2.05) is 30.3 Å². The highest BCUT2D eigenvalue weighted by Gasteiger charge is 2.18. The normalized spacial score (nSPS) is 14.4. The van der Waals surface area contributed by atoms with Crippen molar-refractivity contribution in [2.75, 3.05) is 7.11 Å². The van der Waals surface area contributed by atoms with Crippen molar-refractivity contribution in [3.63, 3.8) is 0 Å². The summed E-state index contributed by atoms with van der Waals surface area (Å²) in [6.45, 7) is 0. The Bertz CT molecular complexity index is 707. The third-order valence-corrected chi connectivity index (χ3v) is 4.37. The van der Waals surface area contributed by atoms with Crippen LogP contribution in [0.4, 0.5) is 0 Å². The van der Waals surface area contributed by atoms with E-state index in [1.54, 1.807) is 19.2 Å². The van der Waals surface area contributed by atoms with Crippen LogP contribution in [0.1, 0.15) is 36.0 Å². The minimum absolute atomic E-state index is 0.268. The van der Waals surface area contributed by atoms with E-state index in [9.17, 15) is 4.79 Å². The molecule has 1 amide bonds. The van der Waals surface area contributed by atoms with Gasteiger partial charge in [0.2, 0.25) is 0 Å². The number of hydrogen-bond acceptors (Lipinski definition) is 4. The molecule has 0 bridgehead atoms. The van der Waals surface area contributed by atoms with Gasteiger partial charge in [-0.25, -0.2) is 5.84 Å². The molecule has 3 rings (SSSR count). The second-order valence-corrected chi connectivity index (χ2v) is 5.94. The lowest BCUT2D eigenvalue weighted by atomic mass is 10.0. The van der Waals surface area contributed by atoms with Crippen LogP contribution in [0.2, 0.25) is 0 Å².